The van der Waals surface area contributed by atoms with E-state index in [2.05, 4.69) is 5.32 Å². The molecule has 0 saturated carbocycles. The van der Waals surface area contributed by atoms with Crippen molar-refractivity contribution in [3.8, 4) is 0 Å². The Kier molecular flexibility index (Phi) is 5.60. The molecule has 1 amide bonds. The molecule has 0 radical (unpaired) electrons. The van der Waals surface area contributed by atoms with Crippen molar-refractivity contribution >= 4 is 38.1 Å². The predicted molar refractivity (Wildman–Crippen MR) is 132 cm³/mol. The lowest BCUT2D eigenvalue weighted by Crippen LogP contribution is -2.35. The van der Waals surface area contributed by atoms with Gasteiger partial charge < -0.3 is 5.32 Å². The summed E-state index contributed by atoms with van der Waals surface area (Å²) in [5.41, 5.74) is 3.25. The third-order valence-electron chi connectivity index (χ3n) is 6.00. The van der Waals surface area contributed by atoms with E-state index < -0.39 is 10.0 Å². The Balaban J connectivity index is 1.37. The summed E-state index contributed by atoms with van der Waals surface area (Å²) >= 11 is 0. The van der Waals surface area contributed by atoms with Gasteiger partial charge in [-0.2, -0.15) is 0 Å². The number of rotatable bonds is 5. The van der Waals surface area contributed by atoms with Crippen molar-refractivity contribution in [2.45, 2.75) is 24.2 Å². The Labute approximate surface area is 193 Å². The number of benzene rings is 4. The monoisotopic (exact) mass is 456 g/mol. The maximum absolute atomic E-state index is 13.2. The van der Waals surface area contributed by atoms with Crippen LogP contribution >= 0.6 is 0 Å². The summed E-state index contributed by atoms with van der Waals surface area (Å²) in [5.74, 6) is -0.101. The highest BCUT2D eigenvalue weighted by molar-refractivity contribution is 7.92. The molecule has 4 aromatic rings. The number of aryl methyl sites for hydroxylation is 1. The summed E-state index contributed by atoms with van der Waals surface area (Å²) in [7, 11) is -3.63. The van der Waals surface area contributed by atoms with Crippen molar-refractivity contribution in [1.82, 2.24) is 0 Å². The molecule has 0 saturated heterocycles. The molecule has 1 N–H and O–H groups in total. The maximum atomic E-state index is 13.2. The zero-order valence-corrected chi connectivity index (χ0v) is 18.9. The van der Waals surface area contributed by atoms with Gasteiger partial charge in [0.1, 0.15) is 0 Å². The molecule has 0 bridgehead atoms. The first-order valence-corrected chi connectivity index (χ1v) is 12.4. The van der Waals surface area contributed by atoms with Crippen LogP contribution in [-0.2, 0) is 27.7 Å². The highest BCUT2D eigenvalue weighted by Crippen LogP contribution is 2.34. The average Bonchev–Trinajstić information content (AvgIpc) is 2.84. The molecule has 4 aromatic carbocycles. The molecule has 0 aliphatic carbocycles. The molecular weight excluding hydrogens is 432 g/mol. The van der Waals surface area contributed by atoms with E-state index in [0.29, 0.717) is 17.9 Å². The molecule has 0 aromatic heterocycles. The third kappa shape index (κ3) is 4.22. The molecule has 1 aliphatic rings. The van der Waals surface area contributed by atoms with Crippen molar-refractivity contribution in [1.29, 1.82) is 0 Å². The molecule has 6 heteroatoms. The van der Waals surface area contributed by atoms with Gasteiger partial charge in [-0.25, -0.2) is 8.42 Å². The van der Waals surface area contributed by atoms with Crippen molar-refractivity contribution in [2.75, 3.05) is 16.2 Å². The Morgan fingerprint density at radius 1 is 0.879 bits per heavy atom. The lowest BCUT2D eigenvalue weighted by atomic mass is 10.0. The van der Waals surface area contributed by atoms with Crippen LogP contribution in [0.5, 0.6) is 0 Å². The maximum Gasteiger partial charge on any atom is 0.264 e. The fourth-order valence-corrected chi connectivity index (χ4v) is 6.00. The normalized spacial score (nSPS) is 13.5. The van der Waals surface area contributed by atoms with Gasteiger partial charge in [0.2, 0.25) is 5.91 Å². The van der Waals surface area contributed by atoms with E-state index in [4.69, 9.17) is 0 Å². The van der Waals surface area contributed by atoms with E-state index in [1.807, 2.05) is 48.5 Å². The lowest BCUT2D eigenvalue weighted by Gasteiger charge is -2.31. The van der Waals surface area contributed by atoms with Crippen molar-refractivity contribution < 1.29 is 13.2 Å². The first kappa shape index (κ1) is 21.2. The van der Waals surface area contributed by atoms with Crippen LogP contribution in [0.15, 0.2) is 95.9 Å². The van der Waals surface area contributed by atoms with Gasteiger partial charge in [0, 0.05) is 12.2 Å². The molecular formula is C27H24N2O3S. The minimum absolute atomic E-state index is 0.101. The Morgan fingerprint density at radius 2 is 1.64 bits per heavy atom. The summed E-state index contributed by atoms with van der Waals surface area (Å²) in [6.07, 6.45) is 1.77. The van der Waals surface area contributed by atoms with Crippen LogP contribution in [0.3, 0.4) is 0 Å². The van der Waals surface area contributed by atoms with Crippen molar-refractivity contribution in [3.63, 3.8) is 0 Å². The van der Waals surface area contributed by atoms with Crippen LogP contribution in [0.4, 0.5) is 11.4 Å². The number of carbonyl (C=O) groups is 1. The minimum atomic E-state index is -3.63. The van der Waals surface area contributed by atoms with Gasteiger partial charge in [0.15, 0.2) is 0 Å². The van der Waals surface area contributed by atoms with E-state index in [-0.39, 0.29) is 17.2 Å². The fourth-order valence-electron chi connectivity index (χ4n) is 4.43. The molecule has 0 unspecified atom stereocenters. The van der Waals surface area contributed by atoms with Crippen LogP contribution in [0.25, 0.3) is 10.8 Å². The topological polar surface area (TPSA) is 66.5 Å². The molecule has 166 valence electrons. The summed E-state index contributed by atoms with van der Waals surface area (Å²) in [4.78, 5) is 13.1. The number of amides is 1. The summed E-state index contributed by atoms with van der Waals surface area (Å²) in [6, 6.07) is 28.0. The molecule has 5 nitrogen and oxygen atoms in total. The van der Waals surface area contributed by atoms with Gasteiger partial charge in [-0.1, -0.05) is 60.7 Å². The molecule has 33 heavy (non-hydrogen) atoms. The summed E-state index contributed by atoms with van der Waals surface area (Å²) < 4.78 is 27.8. The van der Waals surface area contributed by atoms with E-state index in [9.17, 15) is 13.2 Å². The second-order valence-electron chi connectivity index (χ2n) is 8.20. The number of sulfonamides is 1. The number of nitrogens with one attached hydrogen (secondary N) is 1. The molecule has 1 aliphatic heterocycles. The number of anilines is 2. The quantitative estimate of drug-likeness (QED) is 0.451. The van der Waals surface area contributed by atoms with E-state index in [1.165, 1.54) is 4.31 Å². The van der Waals surface area contributed by atoms with E-state index in [1.54, 1.807) is 42.5 Å². The number of nitrogens with zero attached hydrogens (tertiary/aromatic N) is 1. The summed E-state index contributed by atoms with van der Waals surface area (Å²) in [6.45, 7) is 0.441. The molecule has 0 atom stereocenters. The largest absolute Gasteiger partial charge is 0.326 e. The molecule has 0 fully saturated rings. The van der Waals surface area contributed by atoms with Gasteiger partial charge >= 0.3 is 0 Å². The minimum Gasteiger partial charge on any atom is -0.326 e. The van der Waals surface area contributed by atoms with Crippen LogP contribution in [0, 0.1) is 0 Å². The Bertz CT molecular complexity index is 1430. The number of fused-ring (bicyclic) bond motifs is 2. The van der Waals surface area contributed by atoms with Crippen LogP contribution in [0.2, 0.25) is 0 Å². The predicted octanol–water partition coefficient (Wildman–Crippen LogP) is 5.16. The zero-order chi connectivity index (χ0) is 22.8. The lowest BCUT2D eigenvalue weighted by molar-refractivity contribution is -0.115. The van der Waals surface area contributed by atoms with Crippen LogP contribution in [-0.4, -0.2) is 20.9 Å². The average molecular weight is 457 g/mol. The number of carbonyl (C=O) groups excluding carboxylic acids is 1. The number of hydrogen-bond donors (Lipinski definition) is 1. The van der Waals surface area contributed by atoms with E-state index in [0.717, 1.165) is 34.7 Å². The highest BCUT2D eigenvalue weighted by Gasteiger charge is 2.29. The van der Waals surface area contributed by atoms with Gasteiger partial charge in [0.05, 0.1) is 17.0 Å². The van der Waals surface area contributed by atoms with Gasteiger partial charge in [-0.3, -0.25) is 9.10 Å². The second kappa shape index (κ2) is 8.71. The second-order valence-corrected chi connectivity index (χ2v) is 10.1. The van der Waals surface area contributed by atoms with Gasteiger partial charge in [-0.05, 0) is 65.1 Å². The first-order valence-electron chi connectivity index (χ1n) is 11.0. The van der Waals surface area contributed by atoms with Gasteiger partial charge in [-0.15, -0.1) is 0 Å². The molecule has 5 rings (SSSR count). The fraction of sp³-hybridized carbons (Fsp3) is 0.148. The van der Waals surface area contributed by atoms with Crippen LogP contribution < -0.4 is 9.62 Å². The molecule has 1 heterocycles. The third-order valence-corrected chi connectivity index (χ3v) is 7.83. The standard InChI is InChI=1S/C27H24N2O3S/c30-27(19-21-10-6-9-20-8-4-5-14-25(20)21)28-23-15-16-26-22(18-23)11-7-17-29(26)33(31,32)24-12-2-1-3-13-24/h1-6,8-10,12-16,18H,7,11,17,19H2,(H,28,30). The van der Waals surface area contributed by atoms with Gasteiger partial charge in [0.25, 0.3) is 10.0 Å². The Morgan fingerprint density at radius 3 is 2.48 bits per heavy atom. The van der Waals surface area contributed by atoms with E-state index >= 15 is 0 Å². The Hall–Kier alpha value is -3.64. The van der Waals surface area contributed by atoms with Crippen LogP contribution in [0.1, 0.15) is 17.5 Å². The number of hydrogen-bond acceptors (Lipinski definition) is 3. The van der Waals surface area contributed by atoms with Crippen molar-refractivity contribution in [2.24, 2.45) is 0 Å². The smallest absolute Gasteiger partial charge is 0.264 e. The zero-order valence-electron chi connectivity index (χ0n) is 18.1. The SMILES string of the molecule is O=C(Cc1cccc2ccccc12)Nc1ccc2c(c1)CCCN2S(=O)(=O)c1ccccc1. The highest BCUT2D eigenvalue weighted by atomic mass is 32.2. The van der Waals surface area contributed by atoms with Crippen molar-refractivity contribution in [3.05, 3.63) is 102 Å². The molecule has 0 spiro atoms. The summed E-state index contributed by atoms with van der Waals surface area (Å²) in [5, 5.41) is 5.16. The first-order chi connectivity index (χ1) is 16.0.